The van der Waals surface area contributed by atoms with Crippen LogP contribution in [0.25, 0.3) is 0 Å². The molecule has 0 saturated heterocycles. The molecule has 0 aromatic carbocycles. The van der Waals surface area contributed by atoms with Crippen molar-refractivity contribution in [3.05, 3.63) is 12.2 Å². The Balaban J connectivity index is 2.36. The highest BCUT2D eigenvalue weighted by molar-refractivity contribution is 5.87. The van der Waals surface area contributed by atoms with Crippen molar-refractivity contribution >= 4 is 5.78 Å². The average Bonchev–Trinajstić information content (AvgIpc) is 2.55. The Kier molecular flexibility index (Phi) is 2.50. The van der Waals surface area contributed by atoms with Gasteiger partial charge in [-0.25, -0.2) is 0 Å². The van der Waals surface area contributed by atoms with Gasteiger partial charge in [0.2, 0.25) is 0 Å². The molecule has 78 valence electrons. The highest BCUT2D eigenvalue weighted by atomic mass is 16.1. The van der Waals surface area contributed by atoms with Crippen LogP contribution < -0.4 is 0 Å². The second-order valence-corrected chi connectivity index (χ2v) is 4.87. The summed E-state index contributed by atoms with van der Waals surface area (Å²) in [7, 11) is 0. The Hall–Kier alpha value is -0.590. The number of rotatable bonds is 1. The summed E-state index contributed by atoms with van der Waals surface area (Å²) in [6.45, 7) is 4.45. The van der Waals surface area contributed by atoms with Gasteiger partial charge < -0.3 is 0 Å². The van der Waals surface area contributed by atoms with Gasteiger partial charge in [0, 0.05) is 11.8 Å². The van der Waals surface area contributed by atoms with Gasteiger partial charge in [0.15, 0.2) is 0 Å². The zero-order valence-corrected chi connectivity index (χ0v) is 9.25. The number of carbonyl (C=O) groups excluding carboxylic acids is 1. The van der Waals surface area contributed by atoms with Crippen LogP contribution in [0.3, 0.4) is 0 Å². The summed E-state index contributed by atoms with van der Waals surface area (Å²) in [5.41, 5.74) is 0.0312. The number of allylic oxidation sites excluding steroid dienone is 2. The van der Waals surface area contributed by atoms with Crippen molar-refractivity contribution in [3.8, 4) is 0 Å². The quantitative estimate of drug-likeness (QED) is 0.582. The van der Waals surface area contributed by atoms with E-state index in [0.717, 1.165) is 32.1 Å². The van der Waals surface area contributed by atoms with Crippen LogP contribution in [0.15, 0.2) is 12.2 Å². The fraction of sp³-hybridized carbons (Fsp3) is 0.769. The van der Waals surface area contributed by atoms with Crippen LogP contribution in [0.4, 0.5) is 0 Å². The smallest absolute Gasteiger partial charge is 0.139 e. The number of carbonyl (C=O) groups is 1. The van der Waals surface area contributed by atoms with E-state index in [1.807, 2.05) is 0 Å². The summed E-state index contributed by atoms with van der Waals surface area (Å²) < 4.78 is 0. The number of hydrogen-bond acceptors (Lipinski definition) is 1. The predicted octanol–water partition coefficient (Wildman–Crippen LogP) is 3.35. The molecule has 2 aliphatic rings. The molecular weight excluding hydrogens is 172 g/mol. The molecule has 3 atom stereocenters. The standard InChI is InChI=1S/C13H20O/c1-3-11-7-4-6-10(2)13(11)9-5-8-12(13)14/h4,6,10-11H,3,5,7-9H2,1-2H3/t10-,11+,13?/m0/s1. The summed E-state index contributed by atoms with van der Waals surface area (Å²) in [5, 5.41) is 0. The Morgan fingerprint density at radius 3 is 2.93 bits per heavy atom. The highest BCUT2D eigenvalue weighted by Crippen LogP contribution is 2.52. The molecule has 0 N–H and O–H groups in total. The molecule has 1 spiro atoms. The van der Waals surface area contributed by atoms with Crippen molar-refractivity contribution in [2.75, 3.05) is 0 Å². The minimum Gasteiger partial charge on any atom is -0.299 e. The van der Waals surface area contributed by atoms with Gasteiger partial charge in [0.1, 0.15) is 5.78 Å². The lowest BCUT2D eigenvalue weighted by molar-refractivity contribution is -0.131. The van der Waals surface area contributed by atoms with Crippen molar-refractivity contribution in [3.63, 3.8) is 0 Å². The Bertz CT molecular complexity index is 266. The van der Waals surface area contributed by atoms with Crippen LogP contribution in [0, 0.1) is 17.3 Å². The Morgan fingerprint density at radius 2 is 2.36 bits per heavy atom. The van der Waals surface area contributed by atoms with Crippen LogP contribution in [-0.2, 0) is 4.79 Å². The first-order valence-corrected chi connectivity index (χ1v) is 5.91. The summed E-state index contributed by atoms with van der Waals surface area (Å²) >= 11 is 0. The molecule has 1 unspecified atom stereocenters. The molecule has 0 amide bonds. The van der Waals surface area contributed by atoms with Crippen LogP contribution in [0.2, 0.25) is 0 Å². The molecule has 0 aliphatic heterocycles. The molecule has 0 aromatic heterocycles. The van der Waals surface area contributed by atoms with E-state index in [1.54, 1.807) is 0 Å². The maximum Gasteiger partial charge on any atom is 0.139 e. The first kappa shape index (κ1) is 9.95. The third-order valence-electron chi connectivity index (χ3n) is 4.39. The largest absolute Gasteiger partial charge is 0.299 e. The third kappa shape index (κ3) is 1.18. The van der Waals surface area contributed by atoms with Gasteiger partial charge in [-0.15, -0.1) is 0 Å². The van der Waals surface area contributed by atoms with Crippen molar-refractivity contribution in [2.24, 2.45) is 17.3 Å². The SMILES string of the molecule is CC[C@@H]1CC=C[C@H](C)C12CCCC2=O. The average molecular weight is 192 g/mol. The van der Waals surface area contributed by atoms with Gasteiger partial charge in [-0.3, -0.25) is 4.79 Å². The lowest BCUT2D eigenvalue weighted by Gasteiger charge is -2.42. The van der Waals surface area contributed by atoms with Gasteiger partial charge in [-0.1, -0.05) is 32.4 Å². The number of Topliss-reactive ketones (excluding diaryl/α,β-unsaturated/α-hetero) is 1. The van der Waals surface area contributed by atoms with Crippen molar-refractivity contribution < 1.29 is 4.79 Å². The molecule has 2 rings (SSSR count). The number of hydrogen-bond donors (Lipinski definition) is 0. The van der Waals surface area contributed by atoms with E-state index in [-0.39, 0.29) is 5.41 Å². The summed E-state index contributed by atoms with van der Waals surface area (Å²) in [6.07, 6.45) is 9.89. The fourth-order valence-electron chi connectivity index (χ4n) is 3.56. The maximum atomic E-state index is 12.1. The van der Waals surface area contributed by atoms with E-state index in [0.29, 0.717) is 17.6 Å². The van der Waals surface area contributed by atoms with Crippen LogP contribution in [0.5, 0.6) is 0 Å². The van der Waals surface area contributed by atoms with E-state index in [9.17, 15) is 4.79 Å². The maximum absolute atomic E-state index is 12.1. The topological polar surface area (TPSA) is 17.1 Å². The third-order valence-corrected chi connectivity index (χ3v) is 4.39. The Morgan fingerprint density at radius 1 is 1.57 bits per heavy atom. The minimum absolute atomic E-state index is 0.0312. The zero-order valence-electron chi connectivity index (χ0n) is 9.25. The fourth-order valence-corrected chi connectivity index (χ4v) is 3.56. The molecule has 1 saturated carbocycles. The summed E-state index contributed by atoms with van der Waals surface area (Å²) in [6, 6.07) is 0. The molecule has 0 aromatic rings. The minimum atomic E-state index is 0.0312. The lowest BCUT2D eigenvalue weighted by atomic mass is 9.61. The van der Waals surface area contributed by atoms with E-state index in [1.165, 1.54) is 0 Å². The molecule has 2 aliphatic carbocycles. The van der Waals surface area contributed by atoms with Crippen molar-refractivity contribution in [1.29, 1.82) is 0 Å². The first-order valence-electron chi connectivity index (χ1n) is 5.91. The van der Waals surface area contributed by atoms with Crippen molar-refractivity contribution in [1.82, 2.24) is 0 Å². The van der Waals surface area contributed by atoms with E-state index in [2.05, 4.69) is 26.0 Å². The second-order valence-electron chi connectivity index (χ2n) is 4.87. The lowest BCUT2D eigenvalue weighted by Crippen LogP contribution is -2.41. The Labute approximate surface area is 86.6 Å². The van der Waals surface area contributed by atoms with E-state index in [4.69, 9.17) is 0 Å². The normalized spacial score (nSPS) is 42.3. The molecule has 1 heteroatoms. The van der Waals surface area contributed by atoms with Crippen molar-refractivity contribution in [2.45, 2.75) is 46.0 Å². The summed E-state index contributed by atoms with van der Waals surface area (Å²) in [5.74, 6) is 1.62. The van der Waals surface area contributed by atoms with Gasteiger partial charge >= 0.3 is 0 Å². The van der Waals surface area contributed by atoms with Gasteiger partial charge in [0.05, 0.1) is 0 Å². The number of ketones is 1. The van der Waals surface area contributed by atoms with Crippen LogP contribution >= 0.6 is 0 Å². The molecule has 1 nitrogen and oxygen atoms in total. The van der Waals surface area contributed by atoms with Gasteiger partial charge in [-0.2, -0.15) is 0 Å². The van der Waals surface area contributed by atoms with E-state index >= 15 is 0 Å². The molecule has 0 heterocycles. The van der Waals surface area contributed by atoms with Gasteiger partial charge in [-0.05, 0) is 31.1 Å². The molecular formula is C13H20O. The molecule has 14 heavy (non-hydrogen) atoms. The molecule has 0 bridgehead atoms. The van der Waals surface area contributed by atoms with Crippen LogP contribution in [-0.4, -0.2) is 5.78 Å². The van der Waals surface area contributed by atoms with Gasteiger partial charge in [0.25, 0.3) is 0 Å². The highest BCUT2D eigenvalue weighted by Gasteiger charge is 2.50. The van der Waals surface area contributed by atoms with Crippen LogP contribution in [0.1, 0.15) is 46.0 Å². The zero-order chi connectivity index (χ0) is 10.2. The molecule has 0 radical (unpaired) electrons. The van der Waals surface area contributed by atoms with E-state index < -0.39 is 0 Å². The molecule has 1 fully saturated rings. The first-order chi connectivity index (χ1) is 6.71. The summed E-state index contributed by atoms with van der Waals surface area (Å²) in [4.78, 5) is 12.1. The monoisotopic (exact) mass is 192 g/mol. The second kappa shape index (κ2) is 3.52. The predicted molar refractivity (Wildman–Crippen MR) is 58.0 cm³/mol.